The zero-order valence-electron chi connectivity index (χ0n) is 12.1. The van der Waals surface area contributed by atoms with E-state index in [1.807, 2.05) is 19.1 Å². The summed E-state index contributed by atoms with van der Waals surface area (Å²) >= 11 is 0. The number of methoxy groups -OCH3 is 1. The Kier molecular flexibility index (Phi) is 5.09. The third kappa shape index (κ3) is 4.17. The second-order valence-electron chi connectivity index (χ2n) is 4.35. The van der Waals surface area contributed by atoms with Gasteiger partial charge in [-0.15, -0.1) is 0 Å². The van der Waals surface area contributed by atoms with Gasteiger partial charge in [-0.05, 0) is 30.7 Å². The summed E-state index contributed by atoms with van der Waals surface area (Å²) in [5.74, 6) is 0.309. The third-order valence-corrected chi connectivity index (χ3v) is 2.84. The molecule has 2 heterocycles. The lowest BCUT2D eigenvalue weighted by Gasteiger charge is -2.07. The van der Waals surface area contributed by atoms with Crippen molar-refractivity contribution in [2.75, 3.05) is 19.0 Å². The number of anilines is 1. The van der Waals surface area contributed by atoms with Crippen LogP contribution in [0.1, 0.15) is 23.0 Å². The van der Waals surface area contributed by atoms with E-state index in [1.165, 1.54) is 0 Å². The van der Waals surface area contributed by atoms with E-state index in [2.05, 4.69) is 20.6 Å². The smallest absolute Gasteiger partial charge is 0.270 e. The normalized spacial score (nSPS) is 10.0. The fourth-order valence-corrected chi connectivity index (χ4v) is 1.78. The van der Waals surface area contributed by atoms with Crippen LogP contribution in [0, 0.1) is 0 Å². The van der Waals surface area contributed by atoms with E-state index < -0.39 is 0 Å². The van der Waals surface area contributed by atoms with E-state index in [0.717, 1.165) is 17.8 Å². The van der Waals surface area contributed by atoms with Gasteiger partial charge in [0.2, 0.25) is 5.88 Å². The van der Waals surface area contributed by atoms with Gasteiger partial charge >= 0.3 is 0 Å². The number of carbonyl (C=O) groups excluding carboxylic acids is 1. The monoisotopic (exact) mass is 286 g/mol. The molecule has 0 bridgehead atoms. The van der Waals surface area contributed by atoms with E-state index in [1.54, 1.807) is 31.6 Å². The van der Waals surface area contributed by atoms with Crippen molar-refractivity contribution in [3.8, 4) is 5.88 Å². The summed E-state index contributed by atoms with van der Waals surface area (Å²) in [4.78, 5) is 20.1. The van der Waals surface area contributed by atoms with Crippen molar-refractivity contribution < 1.29 is 9.53 Å². The maximum Gasteiger partial charge on any atom is 0.270 e. The van der Waals surface area contributed by atoms with Crippen molar-refractivity contribution in [2.24, 2.45) is 0 Å². The van der Waals surface area contributed by atoms with Crippen molar-refractivity contribution >= 4 is 11.6 Å². The second-order valence-corrected chi connectivity index (χ2v) is 4.35. The molecule has 2 rings (SSSR count). The molecule has 0 radical (unpaired) electrons. The van der Waals surface area contributed by atoms with Crippen LogP contribution in [0.4, 0.5) is 5.69 Å². The largest absolute Gasteiger partial charge is 0.481 e. The molecule has 2 N–H and O–H groups in total. The van der Waals surface area contributed by atoms with Crippen molar-refractivity contribution in [1.29, 1.82) is 0 Å². The molecule has 6 heteroatoms. The number of ether oxygens (including phenoxy) is 1. The lowest BCUT2D eigenvalue weighted by molar-refractivity contribution is 0.0946. The van der Waals surface area contributed by atoms with Gasteiger partial charge < -0.3 is 15.4 Å². The lowest BCUT2D eigenvalue weighted by atomic mass is 10.2. The molecule has 0 aliphatic carbocycles. The minimum Gasteiger partial charge on any atom is -0.481 e. The van der Waals surface area contributed by atoms with Crippen LogP contribution < -0.4 is 15.4 Å². The molecule has 0 fully saturated rings. The Morgan fingerprint density at radius 3 is 2.81 bits per heavy atom. The quantitative estimate of drug-likeness (QED) is 0.847. The number of aromatic nitrogens is 2. The fraction of sp³-hybridized carbons (Fsp3) is 0.267. The van der Waals surface area contributed by atoms with E-state index >= 15 is 0 Å². The molecule has 0 saturated carbocycles. The van der Waals surface area contributed by atoms with Crippen LogP contribution in [0.5, 0.6) is 5.88 Å². The average Bonchev–Trinajstić information content (AvgIpc) is 2.54. The molecule has 0 aliphatic heterocycles. The highest BCUT2D eigenvalue weighted by atomic mass is 16.5. The van der Waals surface area contributed by atoms with Crippen molar-refractivity contribution in [1.82, 2.24) is 15.3 Å². The van der Waals surface area contributed by atoms with Crippen LogP contribution in [0.3, 0.4) is 0 Å². The number of pyridine rings is 2. The molecule has 6 nitrogen and oxygen atoms in total. The summed E-state index contributed by atoms with van der Waals surface area (Å²) in [6.07, 6.45) is 3.29. The number of hydrogen-bond acceptors (Lipinski definition) is 5. The molecule has 21 heavy (non-hydrogen) atoms. The van der Waals surface area contributed by atoms with Gasteiger partial charge in [-0.25, -0.2) is 9.97 Å². The molecule has 0 spiro atoms. The Labute approximate surface area is 123 Å². The minimum absolute atomic E-state index is 0.214. The minimum atomic E-state index is -0.214. The summed E-state index contributed by atoms with van der Waals surface area (Å²) in [5, 5.41) is 5.94. The van der Waals surface area contributed by atoms with Crippen LogP contribution in [-0.4, -0.2) is 29.5 Å². The predicted molar refractivity (Wildman–Crippen MR) is 80.4 cm³/mol. The van der Waals surface area contributed by atoms with Crippen LogP contribution in [0.15, 0.2) is 36.7 Å². The van der Waals surface area contributed by atoms with E-state index in [-0.39, 0.29) is 5.91 Å². The maximum absolute atomic E-state index is 12.0. The fourth-order valence-electron chi connectivity index (χ4n) is 1.78. The Hall–Kier alpha value is -2.63. The molecule has 0 aromatic carbocycles. The molecule has 0 unspecified atom stereocenters. The van der Waals surface area contributed by atoms with Gasteiger partial charge in [0, 0.05) is 25.4 Å². The highest BCUT2D eigenvalue weighted by molar-refractivity contribution is 5.92. The highest BCUT2D eigenvalue weighted by Gasteiger charge is 2.07. The van der Waals surface area contributed by atoms with Crippen molar-refractivity contribution in [3.63, 3.8) is 0 Å². The topological polar surface area (TPSA) is 76.1 Å². The van der Waals surface area contributed by atoms with Crippen LogP contribution >= 0.6 is 0 Å². The summed E-state index contributed by atoms with van der Waals surface area (Å²) in [6, 6.07) is 7.13. The summed E-state index contributed by atoms with van der Waals surface area (Å²) in [6.45, 7) is 3.22. The summed E-state index contributed by atoms with van der Waals surface area (Å²) in [7, 11) is 1.56. The van der Waals surface area contributed by atoms with Gasteiger partial charge in [0.15, 0.2) is 0 Å². The first kappa shape index (κ1) is 14.8. The molecule has 0 saturated heterocycles. The van der Waals surface area contributed by atoms with Gasteiger partial charge in [-0.1, -0.05) is 0 Å². The van der Waals surface area contributed by atoms with E-state index in [0.29, 0.717) is 18.1 Å². The number of carbonyl (C=O) groups is 1. The van der Waals surface area contributed by atoms with Crippen LogP contribution in [0.25, 0.3) is 0 Å². The number of nitrogens with zero attached hydrogens (tertiary/aromatic N) is 2. The number of nitrogens with one attached hydrogen (secondary N) is 2. The Bertz CT molecular complexity index is 599. The third-order valence-electron chi connectivity index (χ3n) is 2.84. The van der Waals surface area contributed by atoms with Gasteiger partial charge in [0.05, 0.1) is 19.0 Å². The van der Waals surface area contributed by atoms with Crippen molar-refractivity contribution in [2.45, 2.75) is 13.5 Å². The Morgan fingerprint density at radius 2 is 2.14 bits per heavy atom. The van der Waals surface area contributed by atoms with E-state index in [4.69, 9.17) is 4.74 Å². The zero-order valence-corrected chi connectivity index (χ0v) is 12.1. The zero-order chi connectivity index (χ0) is 15.1. The van der Waals surface area contributed by atoms with Gasteiger partial charge in [0.25, 0.3) is 5.91 Å². The predicted octanol–water partition coefficient (Wildman–Crippen LogP) is 1.85. The van der Waals surface area contributed by atoms with Crippen LogP contribution in [0.2, 0.25) is 0 Å². The Balaban J connectivity index is 1.94. The maximum atomic E-state index is 12.0. The first-order valence-corrected chi connectivity index (χ1v) is 6.70. The van der Waals surface area contributed by atoms with Gasteiger partial charge in [-0.2, -0.15) is 0 Å². The molecule has 110 valence electrons. The lowest BCUT2D eigenvalue weighted by Crippen LogP contribution is -2.23. The average molecular weight is 286 g/mol. The summed E-state index contributed by atoms with van der Waals surface area (Å²) in [5.41, 5.74) is 2.20. The molecule has 2 aromatic rings. The van der Waals surface area contributed by atoms with Crippen LogP contribution in [-0.2, 0) is 6.54 Å². The molecule has 1 amide bonds. The number of hydrogen-bond donors (Lipinski definition) is 2. The highest BCUT2D eigenvalue weighted by Crippen LogP contribution is 2.09. The first-order valence-electron chi connectivity index (χ1n) is 6.70. The van der Waals surface area contributed by atoms with Gasteiger partial charge in [-0.3, -0.25) is 4.79 Å². The van der Waals surface area contributed by atoms with Crippen molar-refractivity contribution in [3.05, 3.63) is 47.9 Å². The second kappa shape index (κ2) is 7.23. The standard InChI is InChI=1S/C15H18N4O2/c1-3-16-12-4-5-13(18-10-12)15(20)19-9-11-6-7-17-14(8-11)21-2/h4-8,10,16H,3,9H2,1-2H3,(H,19,20). The molecule has 0 aliphatic rings. The molecule has 2 aromatic heterocycles. The number of amides is 1. The molecule has 0 atom stereocenters. The SMILES string of the molecule is CCNc1ccc(C(=O)NCc2ccnc(OC)c2)nc1. The van der Waals surface area contributed by atoms with Gasteiger partial charge in [0.1, 0.15) is 5.69 Å². The Morgan fingerprint density at radius 1 is 1.29 bits per heavy atom. The van der Waals surface area contributed by atoms with E-state index in [9.17, 15) is 4.79 Å². The molecular weight excluding hydrogens is 268 g/mol. The first-order chi connectivity index (χ1) is 10.2. The summed E-state index contributed by atoms with van der Waals surface area (Å²) < 4.78 is 5.04. The number of rotatable bonds is 6. The molecular formula is C15H18N4O2.